The molecule has 0 aliphatic heterocycles. The van der Waals surface area contributed by atoms with Crippen LogP contribution in [-0.2, 0) is 0 Å². The second kappa shape index (κ2) is 4.30. The van der Waals surface area contributed by atoms with Gasteiger partial charge in [0.2, 0.25) is 0 Å². The van der Waals surface area contributed by atoms with E-state index in [1.165, 1.54) is 32.1 Å². The van der Waals surface area contributed by atoms with Crippen molar-refractivity contribution >= 4 is 22.6 Å². The maximum Gasteiger partial charge on any atom is 0.0756 e. The second-order valence-electron chi connectivity index (χ2n) is 4.49. The van der Waals surface area contributed by atoms with E-state index in [0.717, 1.165) is 11.8 Å². The van der Waals surface area contributed by atoms with Crippen LogP contribution in [0.1, 0.15) is 32.1 Å². The molecule has 2 aliphatic rings. The molecular formula is C11H17IO. The fraction of sp³-hybridized carbons (Fsp3) is 0.818. The van der Waals surface area contributed by atoms with Gasteiger partial charge in [0.05, 0.1) is 6.10 Å². The van der Waals surface area contributed by atoms with Gasteiger partial charge in [-0.25, -0.2) is 0 Å². The zero-order valence-corrected chi connectivity index (χ0v) is 9.98. The van der Waals surface area contributed by atoms with Crippen LogP contribution in [0.4, 0.5) is 0 Å². The Labute approximate surface area is 93.7 Å². The predicted molar refractivity (Wildman–Crippen MR) is 62.7 cm³/mol. The molecule has 0 spiro atoms. The van der Waals surface area contributed by atoms with Gasteiger partial charge in [-0.15, -0.1) is 0 Å². The first-order valence-electron chi connectivity index (χ1n) is 5.26. The summed E-state index contributed by atoms with van der Waals surface area (Å²) in [5, 5.41) is 9.67. The number of hydrogen-bond acceptors (Lipinski definition) is 1. The first-order chi connectivity index (χ1) is 6.31. The second-order valence-corrected chi connectivity index (χ2v) is 5.21. The summed E-state index contributed by atoms with van der Waals surface area (Å²) >= 11 is 2.17. The van der Waals surface area contributed by atoms with E-state index in [0.29, 0.717) is 5.92 Å². The molecule has 2 saturated carbocycles. The summed E-state index contributed by atoms with van der Waals surface area (Å²) in [6.45, 7) is 0. The van der Waals surface area contributed by atoms with E-state index in [2.05, 4.69) is 22.6 Å². The molecule has 0 heterocycles. The summed E-state index contributed by atoms with van der Waals surface area (Å²) in [6.07, 6.45) is 8.64. The highest BCUT2D eigenvalue weighted by Gasteiger charge is 2.39. The van der Waals surface area contributed by atoms with Gasteiger partial charge < -0.3 is 5.11 Å². The van der Waals surface area contributed by atoms with Gasteiger partial charge in [0.25, 0.3) is 0 Å². The first-order valence-corrected chi connectivity index (χ1v) is 6.50. The van der Waals surface area contributed by atoms with Gasteiger partial charge in [-0.05, 0) is 40.8 Å². The van der Waals surface area contributed by atoms with Crippen LogP contribution in [0.2, 0.25) is 0 Å². The molecule has 1 N–H and O–H groups in total. The monoisotopic (exact) mass is 292 g/mol. The molecule has 2 fully saturated rings. The zero-order valence-electron chi connectivity index (χ0n) is 7.82. The highest BCUT2D eigenvalue weighted by Crippen LogP contribution is 2.47. The van der Waals surface area contributed by atoms with Gasteiger partial charge in [-0.1, -0.05) is 41.9 Å². The molecule has 1 atom stereocenters. The molecule has 2 rings (SSSR count). The van der Waals surface area contributed by atoms with Crippen LogP contribution < -0.4 is 0 Å². The van der Waals surface area contributed by atoms with Crippen LogP contribution in [0.15, 0.2) is 10.2 Å². The Kier molecular flexibility index (Phi) is 3.30. The summed E-state index contributed by atoms with van der Waals surface area (Å²) in [5.41, 5.74) is 0. The van der Waals surface area contributed by atoms with Crippen molar-refractivity contribution in [2.45, 2.75) is 38.2 Å². The van der Waals surface area contributed by atoms with Crippen molar-refractivity contribution in [3.05, 3.63) is 10.2 Å². The van der Waals surface area contributed by atoms with Gasteiger partial charge in [-0.3, -0.25) is 0 Å². The molecule has 0 amide bonds. The van der Waals surface area contributed by atoms with Gasteiger partial charge in [0, 0.05) is 0 Å². The molecule has 0 aromatic carbocycles. The van der Waals surface area contributed by atoms with E-state index >= 15 is 0 Å². The van der Waals surface area contributed by atoms with Crippen molar-refractivity contribution in [1.82, 2.24) is 0 Å². The molecule has 2 heteroatoms. The smallest absolute Gasteiger partial charge is 0.0756 e. The van der Waals surface area contributed by atoms with Crippen LogP contribution in [0, 0.1) is 17.8 Å². The van der Waals surface area contributed by atoms with E-state index < -0.39 is 0 Å². The normalized spacial score (nSPS) is 37.1. The molecule has 0 saturated heterocycles. The van der Waals surface area contributed by atoms with Gasteiger partial charge in [0.15, 0.2) is 0 Å². The van der Waals surface area contributed by atoms with Crippen LogP contribution in [0.5, 0.6) is 0 Å². The molecular weight excluding hydrogens is 275 g/mol. The van der Waals surface area contributed by atoms with Crippen molar-refractivity contribution in [2.75, 3.05) is 0 Å². The lowest BCUT2D eigenvalue weighted by Gasteiger charge is -2.45. The lowest BCUT2D eigenvalue weighted by atomic mass is 9.61. The van der Waals surface area contributed by atoms with E-state index in [1.54, 1.807) is 0 Å². The topological polar surface area (TPSA) is 20.2 Å². The summed E-state index contributed by atoms with van der Waals surface area (Å²) in [5.74, 6) is 2.54. The molecule has 0 bridgehead atoms. The number of hydrogen-bond donors (Lipinski definition) is 1. The highest BCUT2D eigenvalue weighted by molar-refractivity contribution is 14.1. The fourth-order valence-corrected chi connectivity index (χ4v) is 2.94. The molecule has 2 aliphatic carbocycles. The minimum Gasteiger partial charge on any atom is -0.389 e. The SMILES string of the molecule is OC(/C=C/I)C1CC(C2CCC2)C1. The third-order valence-corrected chi connectivity index (χ3v) is 4.20. The Balaban J connectivity index is 1.71. The minimum absolute atomic E-state index is 0.173. The molecule has 1 unspecified atom stereocenters. The molecule has 74 valence electrons. The largest absolute Gasteiger partial charge is 0.389 e. The van der Waals surface area contributed by atoms with Crippen LogP contribution in [0.25, 0.3) is 0 Å². The molecule has 13 heavy (non-hydrogen) atoms. The number of halogens is 1. The Morgan fingerprint density at radius 2 is 1.92 bits per heavy atom. The van der Waals surface area contributed by atoms with Gasteiger partial charge >= 0.3 is 0 Å². The quantitative estimate of drug-likeness (QED) is 0.792. The summed E-state index contributed by atoms with van der Waals surface area (Å²) in [7, 11) is 0. The Bertz CT molecular complexity index is 192. The Morgan fingerprint density at radius 3 is 2.38 bits per heavy atom. The third-order valence-electron chi connectivity index (χ3n) is 3.78. The van der Waals surface area contributed by atoms with Crippen molar-refractivity contribution < 1.29 is 5.11 Å². The van der Waals surface area contributed by atoms with Crippen molar-refractivity contribution in [3.63, 3.8) is 0 Å². The van der Waals surface area contributed by atoms with Crippen LogP contribution in [0.3, 0.4) is 0 Å². The lowest BCUT2D eigenvalue weighted by Crippen LogP contribution is -2.38. The van der Waals surface area contributed by atoms with Gasteiger partial charge in [-0.2, -0.15) is 0 Å². The molecule has 0 aromatic heterocycles. The molecule has 0 radical (unpaired) electrons. The average Bonchev–Trinajstić information content (AvgIpc) is 1.91. The summed E-state index contributed by atoms with van der Waals surface area (Å²) in [4.78, 5) is 0. The molecule has 1 nitrogen and oxygen atoms in total. The number of aliphatic hydroxyl groups excluding tert-OH is 1. The van der Waals surface area contributed by atoms with Crippen LogP contribution in [-0.4, -0.2) is 11.2 Å². The van der Waals surface area contributed by atoms with Crippen molar-refractivity contribution in [2.24, 2.45) is 17.8 Å². The summed E-state index contributed by atoms with van der Waals surface area (Å²) in [6, 6.07) is 0. The third kappa shape index (κ3) is 2.09. The predicted octanol–water partition coefficient (Wildman–Crippen LogP) is 3.12. The Hall–Kier alpha value is 0.430. The average molecular weight is 292 g/mol. The van der Waals surface area contributed by atoms with Crippen LogP contribution >= 0.6 is 22.6 Å². The van der Waals surface area contributed by atoms with E-state index in [1.807, 2.05) is 10.2 Å². The van der Waals surface area contributed by atoms with E-state index in [-0.39, 0.29) is 6.10 Å². The highest BCUT2D eigenvalue weighted by atomic mass is 127. The zero-order chi connectivity index (χ0) is 9.26. The fourth-order valence-electron chi connectivity index (χ4n) is 2.52. The standard InChI is InChI=1S/C11H17IO/c12-5-4-11(13)10-6-9(7-10)8-2-1-3-8/h4-5,8-11,13H,1-3,6-7H2/b5-4+. The number of rotatable bonds is 3. The summed E-state index contributed by atoms with van der Waals surface area (Å²) < 4.78 is 1.93. The maximum absolute atomic E-state index is 9.67. The first kappa shape index (κ1) is 9.97. The maximum atomic E-state index is 9.67. The molecule has 0 aromatic rings. The van der Waals surface area contributed by atoms with Gasteiger partial charge in [0.1, 0.15) is 0 Å². The van der Waals surface area contributed by atoms with E-state index in [4.69, 9.17) is 0 Å². The Morgan fingerprint density at radius 1 is 1.23 bits per heavy atom. The van der Waals surface area contributed by atoms with E-state index in [9.17, 15) is 5.11 Å². The van der Waals surface area contributed by atoms with Crippen molar-refractivity contribution in [1.29, 1.82) is 0 Å². The van der Waals surface area contributed by atoms with Crippen molar-refractivity contribution in [3.8, 4) is 0 Å². The number of aliphatic hydroxyl groups is 1. The lowest BCUT2D eigenvalue weighted by molar-refractivity contribution is 0.0102. The minimum atomic E-state index is -0.173.